The minimum Gasteiger partial charge on any atom is -0.362 e. The molecule has 0 saturated carbocycles. The van der Waals surface area contributed by atoms with E-state index in [1.54, 1.807) is 28.7 Å². The largest absolute Gasteiger partial charge is 0.362 e. The first-order valence-corrected chi connectivity index (χ1v) is 12.4. The summed E-state index contributed by atoms with van der Waals surface area (Å²) in [5.74, 6) is 0.186. The fourth-order valence-electron chi connectivity index (χ4n) is 4.63. The van der Waals surface area contributed by atoms with Crippen LogP contribution in [0.2, 0.25) is 0 Å². The van der Waals surface area contributed by atoms with Gasteiger partial charge in [-0.1, -0.05) is 12.1 Å². The molecule has 3 aromatic rings. The fourth-order valence-corrected chi connectivity index (χ4v) is 6.15. The molecule has 5 rings (SSSR count). The van der Waals surface area contributed by atoms with Crippen molar-refractivity contribution in [2.45, 2.75) is 38.5 Å². The molecule has 7 heteroatoms. The predicted octanol–water partition coefficient (Wildman–Crippen LogP) is 5.51. The number of carbonyl (C=O) groups is 2. The van der Waals surface area contributed by atoms with Gasteiger partial charge in [0.25, 0.3) is 5.91 Å². The van der Waals surface area contributed by atoms with Gasteiger partial charge in [-0.15, -0.1) is 11.3 Å². The molecule has 5 nitrogen and oxygen atoms in total. The molecule has 1 amide bonds. The summed E-state index contributed by atoms with van der Waals surface area (Å²) in [5, 5.41) is 12.4. The highest BCUT2D eigenvalue weighted by Gasteiger charge is 2.41. The maximum Gasteiger partial charge on any atom is 0.255 e. The lowest BCUT2D eigenvalue weighted by atomic mass is 9.73. The standard InChI is InChI=1S/C25H23N3O2S2/c1-14-5-3-7-21(26-14)28-25(30)22-15(2)27-18-11-17(20-6-4-9-32-20)12-19(29)24(18)23(22)16-8-10-31-13-16/h3-10,13,17,23,27H,11-12H2,1-2H3,(H,26,28,30)/t17-,23-/m0/s1. The van der Waals surface area contributed by atoms with E-state index in [1.165, 1.54) is 4.88 Å². The van der Waals surface area contributed by atoms with Crippen LogP contribution in [0.3, 0.4) is 0 Å². The number of dihydropyridines is 1. The summed E-state index contributed by atoms with van der Waals surface area (Å²) < 4.78 is 0. The van der Waals surface area contributed by atoms with Gasteiger partial charge in [-0.2, -0.15) is 11.3 Å². The maximum atomic E-state index is 13.5. The number of aromatic nitrogens is 1. The van der Waals surface area contributed by atoms with Crippen molar-refractivity contribution in [1.82, 2.24) is 10.3 Å². The Morgan fingerprint density at radius 1 is 1.12 bits per heavy atom. The fraction of sp³-hybridized carbons (Fsp3) is 0.240. The average Bonchev–Trinajstić information content (AvgIpc) is 3.47. The zero-order valence-electron chi connectivity index (χ0n) is 17.8. The number of hydrogen-bond donors (Lipinski definition) is 2. The zero-order valence-corrected chi connectivity index (χ0v) is 19.5. The average molecular weight is 462 g/mol. The lowest BCUT2D eigenvalue weighted by Gasteiger charge is -2.36. The highest BCUT2D eigenvalue weighted by atomic mass is 32.1. The smallest absolute Gasteiger partial charge is 0.255 e. The van der Waals surface area contributed by atoms with E-state index in [0.717, 1.165) is 34.6 Å². The van der Waals surface area contributed by atoms with Crippen molar-refractivity contribution < 1.29 is 9.59 Å². The lowest BCUT2D eigenvalue weighted by molar-refractivity contribution is -0.116. The van der Waals surface area contributed by atoms with Gasteiger partial charge in [-0.3, -0.25) is 9.59 Å². The molecule has 1 aliphatic heterocycles. The van der Waals surface area contributed by atoms with Gasteiger partial charge in [-0.05, 0) is 66.2 Å². The van der Waals surface area contributed by atoms with Crippen LogP contribution in [0.15, 0.2) is 75.1 Å². The maximum absolute atomic E-state index is 13.5. The van der Waals surface area contributed by atoms with Crippen LogP contribution >= 0.6 is 22.7 Å². The van der Waals surface area contributed by atoms with Crippen LogP contribution in [0.25, 0.3) is 0 Å². The number of thiophene rings is 2. The first-order chi connectivity index (χ1) is 15.5. The number of carbonyl (C=O) groups excluding carboxylic acids is 2. The predicted molar refractivity (Wildman–Crippen MR) is 129 cm³/mol. The zero-order chi connectivity index (χ0) is 22.2. The third-order valence-electron chi connectivity index (χ3n) is 6.02. The van der Waals surface area contributed by atoms with Gasteiger partial charge in [-0.25, -0.2) is 4.98 Å². The van der Waals surface area contributed by atoms with Crippen LogP contribution in [0, 0.1) is 6.92 Å². The van der Waals surface area contributed by atoms with Crippen molar-refractivity contribution in [1.29, 1.82) is 0 Å². The molecule has 2 N–H and O–H groups in total. The number of amides is 1. The first-order valence-electron chi connectivity index (χ1n) is 10.6. The number of nitrogens with one attached hydrogen (secondary N) is 2. The minimum atomic E-state index is -0.376. The number of aryl methyl sites for hydroxylation is 1. The number of Topliss-reactive ketones (excluding diaryl/α,β-unsaturated/α-hetero) is 1. The Kier molecular flexibility index (Phi) is 5.53. The molecule has 32 heavy (non-hydrogen) atoms. The first kappa shape index (κ1) is 20.8. The second kappa shape index (κ2) is 8.48. The molecule has 1 aliphatic carbocycles. The quantitative estimate of drug-likeness (QED) is 0.537. The van der Waals surface area contributed by atoms with Crippen molar-refractivity contribution >= 4 is 40.2 Å². The highest BCUT2D eigenvalue weighted by Crippen LogP contribution is 2.46. The summed E-state index contributed by atoms with van der Waals surface area (Å²) in [7, 11) is 0. The molecule has 0 spiro atoms. The van der Waals surface area contributed by atoms with Crippen LogP contribution in [0.4, 0.5) is 5.82 Å². The summed E-state index contributed by atoms with van der Waals surface area (Å²) in [6.45, 7) is 3.80. The molecule has 0 bridgehead atoms. The van der Waals surface area contributed by atoms with Gasteiger partial charge in [0, 0.05) is 51.4 Å². The molecule has 0 radical (unpaired) electrons. The van der Waals surface area contributed by atoms with Gasteiger partial charge < -0.3 is 10.6 Å². The molecule has 2 aliphatic rings. The van der Waals surface area contributed by atoms with E-state index in [1.807, 2.05) is 48.9 Å². The van der Waals surface area contributed by atoms with Crippen LogP contribution in [0.5, 0.6) is 0 Å². The summed E-state index contributed by atoms with van der Waals surface area (Å²) in [6.07, 6.45) is 1.24. The SMILES string of the molecule is CC1=C(C(=O)Nc2cccc(C)n2)[C@H](c2ccsc2)C2=C(C[C@H](c3cccs3)CC2=O)N1. The molecule has 2 atom stereocenters. The van der Waals surface area contributed by atoms with E-state index < -0.39 is 0 Å². The Labute approximate surface area is 194 Å². The lowest BCUT2D eigenvalue weighted by Crippen LogP contribution is -2.36. The Morgan fingerprint density at radius 3 is 2.72 bits per heavy atom. The van der Waals surface area contributed by atoms with Crippen LogP contribution in [-0.2, 0) is 9.59 Å². The van der Waals surface area contributed by atoms with Gasteiger partial charge in [0.2, 0.25) is 0 Å². The van der Waals surface area contributed by atoms with E-state index in [4.69, 9.17) is 0 Å². The molecule has 0 fully saturated rings. The number of rotatable bonds is 4. The normalized spacial score (nSPS) is 20.8. The van der Waals surface area contributed by atoms with Gasteiger partial charge in [0.15, 0.2) is 5.78 Å². The van der Waals surface area contributed by atoms with Crippen molar-refractivity contribution in [3.05, 3.63) is 91.2 Å². The molecule has 0 saturated heterocycles. The molecule has 3 aromatic heterocycles. The van der Waals surface area contributed by atoms with E-state index in [-0.39, 0.29) is 23.5 Å². The Balaban J connectivity index is 1.53. The number of allylic oxidation sites excluding steroid dienone is 3. The van der Waals surface area contributed by atoms with Crippen LogP contribution in [-0.4, -0.2) is 16.7 Å². The van der Waals surface area contributed by atoms with E-state index in [0.29, 0.717) is 17.8 Å². The summed E-state index contributed by atoms with van der Waals surface area (Å²) >= 11 is 3.27. The molecule has 162 valence electrons. The molecule has 0 aromatic carbocycles. The second-order valence-corrected chi connectivity index (χ2v) is 9.97. The number of hydrogen-bond acceptors (Lipinski definition) is 6. The topological polar surface area (TPSA) is 71.1 Å². The van der Waals surface area contributed by atoms with Gasteiger partial charge >= 0.3 is 0 Å². The van der Waals surface area contributed by atoms with Crippen molar-refractivity contribution in [2.75, 3.05) is 5.32 Å². The Morgan fingerprint density at radius 2 is 2.00 bits per heavy atom. The third-order valence-corrected chi connectivity index (χ3v) is 7.76. The monoisotopic (exact) mass is 461 g/mol. The van der Waals surface area contributed by atoms with Crippen LogP contribution < -0.4 is 10.6 Å². The summed E-state index contributed by atoms with van der Waals surface area (Å²) in [4.78, 5) is 32.5. The van der Waals surface area contributed by atoms with E-state index in [2.05, 4.69) is 27.1 Å². The van der Waals surface area contributed by atoms with Crippen molar-refractivity contribution in [3.8, 4) is 0 Å². The number of nitrogens with zero attached hydrogens (tertiary/aromatic N) is 1. The van der Waals surface area contributed by atoms with Crippen molar-refractivity contribution in [2.24, 2.45) is 0 Å². The molecular formula is C25H23N3O2S2. The van der Waals surface area contributed by atoms with E-state index in [9.17, 15) is 9.59 Å². The van der Waals surface area contributed by atoms with E-state index >= 15 is 0 Å². The van der Waals surface area contributed by atoms with Gasteiger partial charge in [0.1, 0.15) is 5.82 Å². The minimum absolute atomic E-state index is 0.111. The highest BCUT2D eigenvalue weighted by molar-refractivity contribution is 7.10. The molecular weight excluding hydrogens is 438 g/mol. The number of anilines is 1. The van der Waals surface area contributed by atoms with Gasteiger partial charge in [0.05, 0.1) is 0 Å². The number of ketones is 1. The Bertz CT molecular complexity index is 1240. The molecule has 4 heterocycles. The van der Waals surface area contributed by atoms with Crippen molar-refractivity contribution in [3.63, 3.8) is 0 Å². The number of pyridine rings is 1. The summed E-state index contributed by atoms with van der Waals surface area (Å²) in [6, 6.07) is 11.7. The third kappa shape index (κ3) is 3.82. The molecule has 0 unspecified atom stereocenters. The van der Waals surface area contributed by atoms with Crippen LogP contribution in [0.1, 0.15) is 47.7 Å². The second-order valence-electron chi connectivity index (χ2n) is 8.21. The summed E-state index contributed by atoms with van der Waals surface area (Å²) in [5.41, 5.74) is 4.84. The Hall–Kier alpha value is -3.03.